The van der Waals surface area contributed by atoms with Gasteiger partial charge in [-0.25, -0.2) is 4.98 Å². The van der Waals surface area contributed by atoms with Crippen LogP contribution in [0.3, 0.4) is 0 Å². The molecule has 0 bridgehead atoms. The summed E-state index contributed by atoms with van der Waals surface area (Å²) in [7, 11) is 1.66. The van der Waals surface area contributed by atoms with Crippen molar-refractivity contribution in [1.29, 1.82) is 0 Å². The number of hydrogen-bond acceptors (Lipinski definition) is 4. The molecule has 4 rings (SSSR count). The van der Waals surface area contributed by atoms with E-state index in [9.17, 15) is 4.79 Å². The Morgan fingerprint density at radius 3 is 2.72 bits per heavy atom. The van der Waals surface area contributed by atoms with E-state index in [1.165, 1.54) is 0 Å². The van der Waals surface area contributed by atoms with Gasteiger partial charge in [0, 0.05) is 31.6 Å². The zero-order chi connectivity index (χ0) is 17.2. The minimum absolute atomic E-state index is 0.0248. The molecular formula is C19H23N3O3. The molecule has 25 heavy (non-hydrogen) atoms. The van der Waals surface area contributed by atoms with Crippen molar-refractivity contribution in [2.75, 3.05) is 33.4 Å². The van der Waals surface area contributed by atoms with Crippen molar-refractivity contribution in [3.05, 3.63) is 36.3 Å². The Morgan fingerprint density at radius 2 is 2.00 bits per heavy atom. The third-order valence-corrected chi connectivity index (χ3v) is 5.12. The molecule has 0 N–H and O–H groups in total. The van der Waals surface area contributed by atoms with Crippen LogP contribution in [0.5, 0.6) is 5.75 Å². The number of nitrogens with zero attached hydrogens (tertiary/aromatic N) is 3. The van der Waals surface area contributed by atoms with Gasteiger partial charge in [0.1, 0.15) is 11.6 Å². The Balaban J connectivity index is 1.55. The van der Waals surface area contributed by atoms with E-state index in [-0.39, 0.29) is 11.8 Å². The number of imidazole rings is 1. The largest absolute Gasteiger partial charge is 0.497 e. The second kappa shape index (κ2) is 6.88. The summed E-state index contributed by atoms with van der Waals surface area (Å²) in [4.78, 5) is 19.4. The van der Waals surface area contributed by atoms with Crippen LogP contribution < -0.4 is 4.74 Å². The van der Waals surface area contributed by atoms with Gasteiger partial charge in [0.2, 0.25) is 5.91 Å². The third kappa shape index (κ3) is 3.14. The lowest BCUT2D eigenvalue weighted by Gasteiger charge is -2.32. The summed E-state index contributed by atoms with van der Waals surface area (Å²) in [6.45, 7) is 3.40. The first-order chi connectivity index (χ1) is 12.3. The highest BCUT2D eigenvalue weighted by atomic mass is 16.5. The first kappa shape index (κ1) is 16.1. The van der Waals surface area contributed by atoms with Crippen LogP contribution >= 0.6 is 0 Å². The standard InChI is InChI=1S/C19H23N3O3/c1-24-16-5-2-14(3-6-16)17-12-20-18-7-4-15(13-22(17)18)19(23)21-8-10-25-11-9-21/h2-3,5-6,12,15H,4,7-11,13H2,1H3. The van der Waals surface area contributed by atoms with Crippen LogP contribution in [-0.4, -0.2) is 53.8 Å². The van der Waals surface area contributed by atoms with E-state index in [1.807, 2.05) is 35.4 Å². The van der Waals surface area contributed by atoms with Crippen LogP contribution in [0.2, 0.25) is 0 Å². The Labute approximate surface area is 147 Å². The van der Waals surface area contributed by atoms with Gasteiger partial charge < -0.3 is 18.9 Å². The van der Waals surface area contributed by atoms with Gasteiger partial charge in [0.25, 0.3) is 0 Å². The van der Waals surface area contributed by atoms with Crippen LogP contribution in [0.15, 0.2) is 30.5 Å². The molecule has 6 nitrogen and oxygen atoms in total. The highest BCUT2D eigenvalue weighted by molar-refractivity contribution is 5.79. The zero-order valence-electron chi connectivity index (χ0n) is 14.5. The molecule has 0 radical (unpaired) electrons. The number of rotatable bonds is 3. The quantitative estimate of drug-likeness (QED) is 0.857. The second-order valence-electron chi connectivity index (χ2n) is 6.57. The summed E-state index contributed by atoms with van der Waals surface area (Å²) in [6.07, 6.45) is 3.63. The Bertz CT molecular complexity index is 748. The number of fused-ring (bicyclic) bond motifs is 1. The van der Waals surface area contributed by atoms with Crippen LogP contribution in [0.1, 0.15) is 12.2 Å². The van der Waals surface area contributed by atoms with Crippen molar-refractivity contribution in [3.63, 3.8) is 0 Å². The van der Waals surface area contributed by atoms with Crippen molar-refractivity contribution in [1.82, 2.24) is 14.5 Å². The lowest BCUT2D eigenvalue weighted by atomic mass is 9.97. The first-order valence-electron chi connectivity index (χ1n) is 8.81. The first-order valence-corrected chi connectivity index (χ1v) is 8.81. The number of aromatic nitrogens is 2. The van der Waals surface area contributed by atoms with Gasteiger partial charge in [-0.05, 0) is 30.7 Å². The maximum atomic E-state index is 12.8. The predicted molar refractivity (Wildman–Crippen MR) is 93.4 cm³/mol. The van der Waals surface area contributed by atoms with E-state index >= 15 is 0 Å². The number of aryl methyl sites for hydroxylation is 1. The number of amides is 1. The fraction of sp³-hybridized carbons (Fsp3) is 0.474. The topological polar surface area (TPSA) is 56.6 Å². The van der Waals surface area contributed by atoms with E-state index < -0.39 is 0 Å². The summed E-state index contributed by atoms with van der Waals surface area (Å²) < 4.78 is 12.8. The van der Waals surface area contributed by atoms with Gasteiger partial charge >= 0.3 is 0 Å². The summed E-state index contributed by atoms with van der Waals surface area (Å²) >= 11 is 0. The third-order valence-electron chi connectivity index (χ3n) is 5.12. The number of benzene rings is 1. The van der Waals surface area contributed by atoms with E-state index in [2.05, 4.69) is 9.55 Å². The van der Waals surface area contributed by atoms with E-state index in [1.54, 1.807) is 7.11 Å². The molecule has 1 saturated heterocycles. The van der Waals surface area contributed by atoms with Gasteiger partial charge in [0.15, 0.2) is 0 Å². The molecule has 0 saturated carbocycles. The molecule has 2 aromatic rings. The molecule has 0 spiro atoms. The summed E-state index contributed by atoms with van der Waals surface area (Å²) in [5.41, 5.74) is 2.16. The van der Waals surface area contributed by atoms with Gasteiger partial charge in [-0.1, -0.05) is 0 Å². The van der Waals surface area contributed by atoms with Crippen molar-refractivity contribution in [2.45, 2.75) is 19.4 Å². The van der Waals surface area contributed by atoms with Gasteiger partial charge in [-0.3, -0.25) is 4.79 Å². The van der Waals surface area contributed by atoms with Gasteiger partial charge in [0.05, 0.1) is 38.1 Å². The smallest absolute Gasteiger partial charge is 0.227 e. The van der Waals surface area contributed by atoms with E-state index in [4.69, 9.17) is 9.47 Å². The number of morpholine rings is 1. The molecule has 132 valence electrons. The minimum Gasteiger partial charge on any atom is -0.497 e. The number of methoxy groups -OCH3 is 1. The molecular weight excluding hydrogens is 318 g/mol. The van der Waals surface area contributed by atoms with Crippen molar-refractivity contribution < 1.29 is 14.3 Å². The van der Waals surface area contributed by atoms with Crippen molar-refractivity contribution in [2.24, 2.45) is 5.92 Å². The molecule has 3 heterocycles. The molecule has 1 amide bonds. The number of hydrogen-bond donors (Lipinski definition) is 0. The SMILES string of the molecule is COc1ccc(-c2cnc3n2CC(C(=O)N2CCOCC2)CC3)cc1. The number of carbonyl (C=O) groups is 1. The number of carbonyl (C=O) groups excluding carboxylic acids is 1. The van der Waals surface area contributed by atoms with Crippen molar-refractivity contribution >= 4 is 5.91 Å². The van der Waals surface area contributed by atoms with Crippen LogP contribution in [0, 0.1) is 5.92 Å². The molecule has 1 aromatic heterocycles. The predicted octanol–water partition coefficient (Wildman–Crippen LogP) is 1.98. The lowest BCUT2D eigenvalue weighted by molar-refractivity contribution is -0.140. The summed E-state index contributed by atoms with van der Waals surface area (Å²) in [5.74, 6) is 2.18. The zero-order valence-corrected chi connectivity index (χ0v) is 14.5. The molecule has 2 aliphatic rings. The van der Waals surface area contributed by atoms with Crippen LogP contribution in [-0.2, 0) is 22.5 Å². The fourth-order valence-corrected chi connectivity index (χ4v) is 3.67. The highest BCUT2D eigenvalue weighted by Gasteiger charge is 2.30. The second-order valence-corrected chi connectivity index (χ2v) is 6.57. The Hall–Kier alpha value is -2.34. The van der Waals surface area contributed by atoms with Crippen LogP contribution in [0.4, 0.5) is 0 Å². The minimum atomic E-state index is 0.0248. The average molecular weight is 341 g/mol. The summed E-state index contributed by atoms with van der Waals surface area (Å²) in [5, 5.41) is 0. The van der Waals surface area contributed by atoms with Crippen LogP contribution in [0.25, 0.3) is 11.3 Å². The van der Waals surface area contributed by atoms with E-state index in [0.29, 0.717) is 32.8 Å². The van der Waals surface area contributed by atoms with Crippen molar-refractivity contribution in [3.8, 4) is 17.0 Å². The maximum absolute atomic E-state index is 12.8. The molecule has 0 aliphatic carbocycles. The Kier molecular flexibility index (Phi) is 4.44. The Morgan fingerprint density at radius 1 is 1.24 bits per heavy atom. The maximum Gasteiger partial charge on any atom is 0.227 e. The van der Waals surface area contributed by atoms with Gasteiger partial charge in [-0.2, -0.15) is 0 Å². The highest BCUT2D eigenvalue weighted by Crippen LogP contribution is 2.29. The molecule has 6 heteroatoms. The fourth-order valence-electron chi connectivity index (χ4n) is 3.67. The molecule has 1 aromatic carbocycles. The number of ether oxygens (including phenoxy) is 2. The summed E-state index contributed by atoms with van der Waals surface area (Å²) in [6, 6.07) is 7.98. The normalized spacial score (nSPS) is 20.2. The lowest BCUT2D eigenvalue weighted by Crippen LogP contribution is -2.45. The molecule has 1 unspecified atom stereocenters. The molecule has 2 aliphatic heterocycles. The molecule has 1 atom stereocenters. The average Bonchev–Trinajstić information content (AvgIpc) is 3.11. The monoisotopic (exact) mass is 341 g/mol. The van der Waals surface area contributed by atoms with E-state index in [0.717, 1.165) is 35.7 Å². The molecule has 1 fully saturated rings. The van der Waals surface area contributed by atoms with Gasteiger partial charge in [-0.15, -0.1) is 0 Å².